The Bertz CT molecular complexity index is 269. The van der Waals surface area contributed by atoms with Gasteiger partial charge in [0.25, 0.3) is 0 Å². The summed E-state index contributed by atoms with van der Waals surface area (Å²) < 4.78 is 5.26. The van der Waals surface area contributed by atoms with Crippen LogP contribution >= 0.6 is 0 Å². The molecule has 3 atom stereocenters. The molecule has 2 fully saturated rings. The number of nitrogens with zero attached hydrogens (tertiary/aromatic N) is 1. The second kappa shape index (κ2) is 2.02. The summed E-state index contributed by atoms with van der Waals surface area (Å²) in [7, 11) is 0. The Hall–Kier alpha value is -0.730. The number of fused-ring (bicyclic) bond motifs is 1. The molecular weight excluding hydrogens is 166 g/mol. The molecule has 1 aliphatic heterocycles. The summed E-state index contributed by atoms with van der Waals surface area (Å²) in [5, 5.41) is 0. The maximum atomic E-state index is 11.5. The summed E-state index contributed by atoms with van der Waals surface area (Å²) in [4.78, 5) is 13.4. The number of carbonyl (C=O) groups excluding carboxylic acids is 1. The van der Waals surface area contributed by atoms with Gasteiger partial charge in [0.15, 0.2) is 0 Å². The Morgan fingerprint density at radius 1 is 1.46 bits per heavy atom. The minimum Gasteiger partial charge on any atom is -0.444 e. The topological polar surface area (TPSA) is 29.3 Å². The van der Waals surface area contributed by atoms with Crippen molar-refractivity contribution >= 4 is 6.09 Å². The molecule has 0 spiro atoms. The van der Waals surface area contributed by atoms with Crippen LogP contribution in [0.4, 0.5) is 4.79 Å². The molecule has 3 nitrogen and oxygen atoms in total. The molecule has 0 aromatic rings. The molecule has 1 amide bonds. The molecule has 0 aromatic carbocycles. The number of likely N-dealkylation sites (tertiary alicyclic amines) is 1. The Balaban J connectivity index is 1.90. The van der Waals surface area contributed by atoms with Gasteiger partial charge in [-0.3, -0.25) is 4.90 Å². The fourth-order valence-electron chi connectivity index (χ4n) is 2.10. The van der Waals surface area contributed by atoms with Gasteiger partial charge in [-0.25, -0.2) is 4.79 Å². The molecule has 74 valence electrons. The third-order valence-corrected chi connectivity index (χ3v) is 3.20. The normalized spacial score (nSPS) is 41.2. The van der Waals surface area contributed by atoms with Crippen LogP contribution in [-0.2, 0) is 4.74 Å². The summed E-state index contributed by atoms with van der Waals surface area (Å²) in [5.41, 5.74) is -0.228. The molecule has 1 saturated heterocycles. The number of hydrogen-bond donors (Lipinski definition) is 0. The van der Waals surface area contributed by atoms with Gasteiger partial charge >= 0.3 is 6.09 Å². The molecule has 2 unspecified atom stereocenters. The molecule has 0 bridgehead atoms. The average Bonchev–Trinajstić information content (AvgIpc) is 2.68. The van der Waals surface area contributed by atoms with Gasteiger partial charge in [-0.05, 0) is 27.7 Å². The van der Waals surface area contributed by atoms with Crippen LogP contribution in [0.15, 0.2) is 0 Å². The minimum atomic E-state index is -0.369. The number of carbonyl (C=O) groups is 1. The van der Waals surface area contributed by atoms with Crippen molar-refractivity contribution in [3.05, 3.63) is 0 Å². The van der Waals surface area contributed by atoms with E-state index in [0.29, 0.717) is 12.0 Å². The van der Waals surface area contributed by atoms with E-state index < -0.39 is 0 Å². The van der Waals surface area contributed by atoms with Crippen LogP contribution in [0.5, 0.6) is 0 Å². The van der Waals surface area contributed by atoms with Crippen molar-refractivity contribution in [1.82, 2.24) is 4.90 Å². The van der Waals surface area contributed by atoms with E-state index in [2.05, 4.69) is 13.8 Å². The van der Waals surface area contributed by atoms with E-state index in [1.807, 2.05) is 25.7 Å². The van der Waals surface area contributed by atoms with Crippen molar-refractivity contribution in [2.24, 2.45) is 5.92 Å². The minimum absolute atomic E-state index is 0.141. The van der Waals surface area contributed by atoms with Crippen molar-refractivity contribution in [1.29, 1.82) is 0 Å². The first-order chi connectivity index (χ1) is 5.78. The van der Waals surface area contributed by atoms with E-state index in [9.17, 15) is 4.79 Å². The highest BCUT2D eigenvalue weighted by Crippen LogP contribution is 2.67. The molecule has 0 aromatic heterocycles. The van der Waals surface area contributed by atoms with Crippen molar-refractivity contribution < 1.29 is 9.53 Å². The SMILES string of the molecule is C[C@@H]1C2N(C(=O)OC(C)(C)C)C21C. The van der Waals surface area contributed by atoms with E-state index in [1.54, 1.807) is 0 Å². The molecule has 13 heavy (non-hydrogen) atoms. The van der Waals surface area contributed by atoms with Crippen LogP contribution in [0, 0.1) is 5.92 Å². The molecule has 3 heteroatoms. The van der Waals surface area contributed by atoms with Gasteiger partial charge < -0.3 is 4.74 Å². The average molecular weight is 183 g/mol. The standard InChI is InChI=1S/C10H17NO2/c1-6-7-10(6,5)11(7)8(12)13-9(2,3)4/h6-7H,1-5H3/t6-,7?,10?,11?/m1/s1. The van der Waals surface area contributed by atoms with Crippen LogP contribution in [0.25, 0.3) is 0 Å². The van der Waals surface area contributed by atoms with Gasteiger partial charge in [-0.1, -0.05) is 6.92 Å². The van der Waals surface area contributed by atoms with Gasteiger partial charge in [-0.2, -0.15) is 0 Å². The predicted octanol–water partition coefficient (Wildman–Crippen LogP) is 2.01. The lowest BCUT2D eigenvalue weighted by molar-refractivity contribution is 0.0303. The van der Waals surface area contributed by atoms with Crippen LogP contribution in [0.1, 0.15) is 34.6 Å². The van der Waals surface area contributed by atoms with E-state index >= 15 is 0 Å². The van der Waals surface area contributed by atoms with E-state index in [-0.39, 0.29) is 17.2 Å². The van der Waals surface area contributed by atoms with Crippen molar-refractivity contribution in [3.8, 4) is 0 Å². The van der Waals surface area contributed by atoms with Crippen LogP contribution in [-0.4, -0.2) is 28.2 Å². The van der Waals surface area contributed by atoms with Crippen molar-refractivity contribution in [3.63, 3.8) is 0 Å². The maximum absolute atomic E-state index is 11.5. The van der Waals surface area contributed by atoms with Gasteiger partial charge in [0.05, 0.1) is 11.6 Å². The lowest BCUT2D eigenvalue weighted by Gasteiger charge is -2.24. The Labute approximate surface area is 79.0 Å². The first-order valence-electron chi connectivity index (χ1n) is 4.81. The fraction of sp³-hybridized carbons (Fsp3) is 0.900. The monoisotopic (exact) mass is 183 g/mol. The Kier molecular flexibility index (Phi) is 1.37. The van der Waals surface area contributed by atoms with Crippen LogP contribution in [0.2, 0.25) is 0 Å². The smallest absolute Gasteiger partial charge is 0.411 e. The number of rotatable bonds is 0. The zero-order valence-corrected chi connectivity index (χ0v) is 8.92. The second-order valence-corrected chi connectivity index (χ2v) is 5.31. The first-order valence-corrected chi connectivity index (χ1v) is 4.81. The number of amides is 1. The summed E-state index contributed by atoms with van der Waals surface area (Å²) in [6.07, 6.45) is -0.155. The molecular formula is C10H17NO2. The zero-order valence-electron chi connectivity index (χ0n) is 8.92. The molecule has 1 saturated carbocycles. The van der Waals surface area contributed by atoms with Gasteiger partial charge in [0, 0.05) is 5.92 Å². The highest BCUT2D eigenvalue weighted by atomic mass is 16.6. The molecule has 1 heterocycles. The molecule has 2 rings (SSSR count). The third kappa shape index (κ3) is 1.06. The Morgan fingerprint density at radius 3 is 2.23 bits per heavy atom. The quantitative estimate of drug-likeness (QED) is 0.538. The third-order valence-electron chi connectivity index (χ3n) is 3.20. The highest BCUT2D eigenvalue weighted by molar-refractivity contribution is 5.78. The summed E-state index contributed by atoms with van der Waals surface area (Å²) >= 11 is 0. The maximum Gasteiger partial charge on any atom is 0.411 e. The van der Waals surface area contributed by atoms with E-state index in [0.717, 1.165) is 0 Å². The Morgan fingerprint density at radius 2 is 1.92 bits per heavy atom. The van der Waals surface area contributed by atoms with E-state index in [1.165, 1.54) is 0 Å². The summed E-state index contributed by atoms with van der Waals surface area (Å²) in [6, 6.07) is 0.461. The lowest BCUT2D eigenvalue weighted by Crippen LogP contribution is -2.34. The second-order valence-electron chi connectivity index (χ2n) is 5.31. The summed E-state index contributed by atoms with van der Waals surface area (Å²) in [5.74, 6) is 0.667. The largest absolute Gasteiger partial charge is 0.444 e. The van der Waals surface area contributed by atoms with Gasteiger partial charge in [0.1, 0.15) is 5.60 Å². The highest BCUT2D eigenvalue weighted by Gasteiger charge is 2.83. The van der Waals surface area contributed by atoms with Crippen LogP contribution < -0.4 is 0 Å². The predicted molar refractivity (Wildman–Crippen MR) is 49.4 cm³/mol. The first kappa shape index (κ1) is 8.85. The van der Waals surface area contributed by atoms with Crippen molar-refractivity contribution in [2.75, 3.05) is 0 Å². The molecule has 2 aliphatic rings. The molecule has 0 radical (unpaired) electrons. The van der Waals surface area contributed by atoms with Crippen LogP contribution in [0.3, 0.4) is 0 Å². The number of hydrogen-bond acceptors (Lipinski definition) is 2. The van der Waals surface area contributed by atoms with Crippen molar-refractivity contribution in [2.45, 2.75) is 51.8 Å². The summed E-state index contributed by atoms with van der Waals surface area (Å²) in [6.45, 7) is 9.97. The zero-order chi connectivity index (χ0) is 10.0. The molecule has 1 aliphatic carbocycles. The lowest BCUT2D eigenvalue weighted by atomic mass is 10.2. The number of ether oxygens (including phenoxy) is 1. The van der Waals surface area contributed by atoms with Gasteiger partial charge in [0.2, 0.25) is 0 Å². The van der Waals surface area contributed by atoms with Gasteiger partial charge in [-0.15, -0.1) is 0 Å². The molecule has 0 N–H and O–H groups in total. The van der Waals surface area contributed by atoms with E-state index in [4.69, 9.17) is 4.74 Å². The fourth-order valence-corrected chi connectivity index (χ4v) is 2.10.